The van der Waals surface area contributed by atoms with E-state index >= 15 is 0 Å². The number of carboxylic acid groups (broad SMARTS) is 1. The molecule has 0 bridgehead atoms. The summed E-state index contributed by atoms with van der Waals surface area (Å²) in [7, 11) is 0. The molecule has 0 aromatic rings. The Hall–Kier alpha value is -0.640. The lowest BCUT2D eigenvalue weighted by molar-refractivity contribution is -0.138. The summed E-state index contributed by atoms with van der Waals surface area (Å²) in [6.07, 6.45) is 1.35. The summed E-state index contributed by atoms with van der Waals surface area (Å²) in [5, 5.41) is 11.1. The Balaban J connectivity index is 2.48. The Morgan fingerprint density at radius 2 is 2.56 bits per heavy atom. The molecule has 2 N–H and O–H groups in total. The third kappa shape index (κ3) is 1.38. The Labute approximate surface area is 58.1 Å². The first-order chi connectivity index (χ1) is 4.20. The molecule has 0 saturated carbocycles. The van der Waals surface area contributed by atoms with E-state index in [9.17, 15) is 4.79 Å². The minimum absolute atomic E-state index is 0.433. The van der Waals surface area contributed by atoms with E-state index in [4.69, 9.17) is 17.3 Å². The highest BCUT2D eigenvalue weighted by molar-refractivity contribution is 7.80. The van der Waals surface area contributed by atoms with Crippen LogP contribution in [0.25, 0.3) is 0 Å². The predicted octanol–water partition coefficient (Wildman–Crippen LogP) is 0.150. The Morgan fingerprint density at radius 1 is 1.89 bits per heavy atom. The molecule has 1 saturated heterocycles. The number of carboxylic acids is 1. The number of carbonyl (C=O) groups is 1. The van der Waals surface area contributed by atoms with Crippen molar-refractivity contribution >= 4 is 23.2 Å². The smallest absolute Gasteiger partial charge is 0.326 e. The van der Waals surface area contributed by atoms with E-state index < -0.39 is 12.0 Å². The van der Waals surface area contributed by atoms with E-state index in [0.717, 1.165) is 0 Å². The molecule has 0 spiro atoms. The second-order valence-corrected chi connectivity index (χ2v) is 2.49. The average Bonchev–Trinajstić information content (AvgIpc) is 2.14. The Kier molecular flexibility index (Phi) is 1.66. The van der Waals surface area contributed by atoms with E-state index in [1.54, 1.807) is 0 Å². The van der Waals surface area contributed by atoms with Crippen LogP contribution in [0.4, 0.5) is 0 Å². The van der Waals surface area contributed by atoms with Gasteiger partial charge in [-0.15, -0.1) is 0 Å². The highest BCUT2D eigenvalue weighted by atomic mass is 32.1. The van der Waals surface area contributed by atoms with Gasteiger partial charge in [-0.3, -0.25) is 0 Å². The molecule has 0 aromatic carbocycles. The van der Waals surface area contributed by atoms with Crippen LogP contribution in [0.1, 0.15) is 12.8 Å². The minimum atomic E-state index is -0.810. The summed E-state index contributed by atoms with van der Waals surface area (Å²) in [5.74, 6) is -0.810. The molecule has 0 aliphatic carbocycles. The van der Waals surface area contributed by atoms with E-state index in [1.807, 2.05) is 0 Å². The van der Waals surface area contributed by atoms with Crippen LogP contribution in [0.5, 0.6) is 0 Å². The summed E-state index contributed by atoms with van der Waals surface area (Å²) in [6, 6.07) is -0.433. The number of aliphatic carboxylic acids is 1. The minimum Gasteiger partial charge on any atom is -0.480 e. The number of nitrogens with one attached hydrogen (secondary N) is 1. The molecule has 1 heterocycles. The molecule has 1 aliphatic rings. The van der Waals surface area contributed by atoms with Gasteiger partial charge in [-0.25, -0.2) is 4.79 Å². The predicted molar refractivity (Wildman–Crippen MR) is 36.4 cm³/mol. The topological polar surface area (TPSA) is 49.3 Å². The van der Waals surface area contributed by atoms with Gasteiger partial charge in [0, 0.05) is 6.42 Å². The van der Waals surface area contributed by atoms with Gasteiger partial charge in [0.2, 0.25) is 0 Å². The zero-order valence-corrected chi connectivity index (χ0v) is 5.57. The standard InChI is InChI=1S/C5H7NO2S/c7-5(8)3-1-2-4(9)6-3/h3H,1-2H2,(H,6,9)(H,7,8)/t3-/m0/s1. The van der Waals surface area contributed by atoms with Gasteiger partial charge in [-0.1, -0.05) is 12.2 Å². The molecule has 0 radical (unpaired) electrons. The molecule has 1 atom stereocenters. The molecule has 3 nitrogen and oxygen atoms in total. The summed E-state index contributed by atoms with van der Waals surface area (Å²) in [6.45, 7) is 0. The molecule has 1 fully saturated rings. The van der Waals surface area contributed by atoms with Crippen LogP contribution >= 0.6 is 12.2 Å². The Morgan fingerprint density at radius 3 is 2.78 bits per heavy atom. The molecule has 50 valence electrons. The van der Waals surface area contributed by atoms with Gasteiger partial charge < -0.3 is 10.4 Å². The van der Waals surface area contributed by atoms with E-state index in [0.29, 0.717) is 17.8 Å². The first kappa shape index (κ1) is 6.48. The molecule has 0 amide bonds. The van der Waals surface area contributed by atoms with Crippen molar-refractivity contribution in [3.8, 4) is 0 Å². The van der Waals surface area contributed by atoms with Crippen molar-refractivity contribution in [2.24, 2.45) is 0 Å². The zero-order valence-electron chi connectivity index (χ0n) is 4.76. The largest absolute Gasteiger partial charge is 0.480 e. The van der Waals surface area contributed by atoms with Crippen molar-refractivity contribution in [2.75, 3.05) is 0 Å². The van der Waals surface area contributed by atoms with Gasteiger partial charge in [0.25, 0.3) is 0 Å². The molecule has 1 rings (SSSR count). The van der Waals surface area contributed by atoms with Crippen LogP contribution in [-0.4, -0.2) is 22.1 Å². The third-order valence-corrected chi connectivity index (χ3v) is 1.62. The fraction of sp³-hybridized carbons (Fsp3) is 0.600. The first-order valence-corrected chi connectivity index (χ1v) is 3.13. The van der Waals surface area contributed by atoms with Gasteiger partial charge in [0.15, 0.2) is 0 Å². The lowest BCUT2D eigenvalue weighted by Gasteiger charge is -2.01. The second kappa shape index (κ2) is 2.31. The number of rotatable bonds is 1. The molecular weight excluding hydrogens is 138 g/mol. The van der Waals surface area contributed by atoms with Crippen molar-refractivity contribution in [3.05, 3.63) is 0 Å². The summed E-state index contributed by atoms with van der Waals surface area (Å²) >= 11 is 4.74. The molecule has 0 unspecified atom stereocenters. The molecule has 4 heteroatoms. The maximum Gasteiger partial charge on any atom is 0.326 e. The average molecular weight is 145 g/mol. The third-order valence-electron chi connectivity index (χ3n) is 1.29. The highest BCUT2D eigenvalue weighted by Gasteiger charge is 2.23. The first-order valence-electron chi connectivity index (χ1n) is 2.72. The van der Waals surface area contributed by atoms with Gasteiger partial charge in [-0.2, -0.15) is 0 Å². The summed E-state index contributed by atoms with van der Waals surface area (Å²) in [5.41, 5.74) is 0. The van der Waals surface area contributed by atoms with Crippen LogP contribution in [0, 0.1) is 0 Å². The van der Waals surface area contributed by atoms with Gasteiger partial charge in [0.05, 0.1) is 4.99 Å². The van der Waals surface area contributed by atoms with Crippen molar-refractivity contribution in [1.82, 2.24) is 5.32 Å². The lowest BCUT2D eigenvalue weighted by atomic mass is 10.2. The van der Waals surface area contributed by atoms with Gasteiger partial charge >= 0.3 is 5.97 Å². The molecule has 0 aromatic heterocycles. The second-order valence-electron chi connectivity index (χ2n) is 2.00. The van der Waals surface area contributed by atoms with Crippen molar-refractivity contribution in [1.29, 1.82) is 0 Å². The van der Waals surface area contributed by atoms with Crippen molar-refractivity contribution < 1.29 is 9.90 Å². The molecule has 9 heavy (non-hydrogen) atoms. The Bertz CT molecular complexity index is 157. The number of hydrogen-bond acceptors (Lipinski definition) is 2. The van der Waals surface area contributed by atoms with E-state index in [2.05, 4.69) is 5.32 Å². The SMILES string of the molecule is O=C(O)[C@@H]1CCC(=S)N1. The molecule has 1 aliphatic heterocycles. The maximum absolute atomic E-state index is 10.2. The molecular formula is C5H7NO2S. The monoisotopic (exact) mass is 145 g/mol. The summed E-state index contributed by atoms with van der Waals surface area (Å²) < 4.78 is 0. The van der Waals surface area contributed by atoms with E-state index in [1.165, 1.54) is 0 Å². The summed E-state index contributed by atoms with van der Waals surface area (Å²) in [4.78, 5) is 10.9. The fourth-order valence-corrected chi connectivity index (χ4v) is 1.06. The van der Waals surface area contributed by atoms with Crippen LogP contribution < -0.4 is 5.32 Å². The fourth-order valence-electron chi connectivity index (χ4n) is 0.799. The van der Waals surface area contributed by atoms with Crippen LogP contribution in [0.3, 0.4) is 0 Å². The normalized spacial score (nSPS) is 25.8. The number of thiocarbonyl (C=S) groups is 1. The van der Waals surface area contributed by atoms with E-state index in [-0.39, 0.29) is 0 Å². The van der Waals surface area contributed by atoms with Gasteiger partial charge in [-0.05, 0) is 6.42 Å². The van der Waals surface area contributed by atoms with Crippen LogP contribution in [0.15, 0.2) is 0 Å². The lowest BCUT2D eigenvalue weighted by Crippen LogP contribution is -2.31. The van der Waals surface area contributed by atoms with Crippen LogP contribution in [-0.2, 0) is 4.79 Å². The van der Waals surface area contributed by atoms with Crippen molar-refractivity contribution in [3.63, 3.8) is 0 Å². The quantitative estimate of drug-likeness (QED) is 0.516. The maximum atomic E-state index is 10.2. The van der Waals surface area contributed by atoms with Crippen molar-refractivity contribution in [2.45, 2.75) is 18.9 Å². The number of hydrogen-bond donors (Lipinski definition) is 2. The van der Waals surface area contributed by atoms with Gasteiger partial charge in [0.1, 0.15) is 6.04 Å². The zero-order chi connectivity index (χ0) is 6.85. The highest BCUT2D eigenvalue weighted by Crippen LogP contribution is 2.06. The van der Waals surface area contributed by atoms with Crippen LogP contribution in [0.2, 0.25) is 0 Å².